The molecule has 19 heavy (non-hydrogen) atoms. The lowest BCUT2D eigenvalue weighted by molar-refractivity contribution is 0.421. The summed E-state index contributed by atoms with van der Waals surface area (Å²) in [6.07, 6.45) is 5.39. The summed E-state index contributed by atoms with van der Waals surface area (Å²) in [4.78, 5) is 6.88. The highest BCUT2D eigenvalue weighted by molar-refractivity contribution is 5.48. The average Bonchev–Trinajstić information content (AvgIpc) is 2.36. The molecule has 1 aliphatic rings. The van der Waals surface area contributed by atoms with Crippen LogP contribution in [-0.2, 0) is 6.54 Å². The van der Waals surface area contributed by atoms with E-state index in [9.17, 15) is 0 Å². The number of hydrogen-bond acceptors (Lipinski definition) is 3. The van der Waals surface area contributed by atoms with Crippen LogP contribution in [0.25, 0.3) is 0 Å². The van der Waals surface area contributed by atoms with Gasteiger partial charge in [-0.15, -0.1) is 0 Å². The summed E-state index contributed by atoms with van der Waals surface area (Å²) in [6.45, 7) is 11.7. The van der Waals surface area contributed by atoms with Gasteiger partial charge in [-0.1, -0.05) is 11.6 Å². The van der Waals surface area contributed by atoms with E-state index in [4.69, 9.17) is 0 Å². The van der Waals surface area contributed by atoms with E-state index in [0.29, 0.717) is 0 Å². The summed E-state index contributed by atoms with van der Waals surface area (Å²) in [6, 6.07) is 4.32. The predicted molar refractivity (Wildman–Crippen MR) is 81.4 cm³/mol. The van der Waals surface area contributed by atoms with Crippen LogP contribution in [0.4, 0.5) is 5.69 Å². The maximum atomic E-state index is 4.45. The molecule has 0 unspecified atom stereocenters. The SMILES string of the molecule is CC1=CCCN(c2ccnc(CNC(C)(C)C)c2)C1. The van der Waals surface area contributed by atoms with E-state index in [-0.39, 0.29) is 5.54 Å². The first-order valence-corrected chi connectivity index (χ1v) is 7.04. The lowest BCUT2D eigenvalue weighted by Crippen LogP contribution is -2.35. The summed E-state index contributed by atoms with van der Waals surface area (Å²) in [7, 11) is 0. The van der Waals surface area contributed by atoms with E-state index in [1.165, 1.54) is 11.3 Å². The van der Waals surface area contributed by atoms with Crippen LogP contribution >= 0.6 is 0 Å². The predicted octanol–water partition coefficient (Wildman–Crippen LogP) is 3.13. The lowest BCUT2D eigenvalue weighted by Gasteiger charge is -2.28. The fraction of sp³-hybridized carbons (Fsp3) is 0.562. The van der Waals surface area contributed by atoms with Crippen LogP contribution < -0.4 is 10.2 Å². The topological polar surface area (TPSA) is 28.2 Å². The summed E-state index contributed by atoms with van der Waals surface area (Å²) in [5.74, 6) is 0. The second kappa shape index (κ2) is 5.74. The third-order valence-electron chi connectivity index (χ3n) is 3.30. The molecule has 1 aromatic heterocycles. The Morgan fingerprint density at radius 3 is 2.84 bits per heavy atom. The summed E-state index contributed by atoms with van der Waals surface area (Å²) < 4.78 is 0. The normalized spacial score (nSPS) is 16.4. The Hall–Kier alpha value is -1.35. The van der Waals surface area contributed by atoms with Crippen molar-refractivity contribution in [2.75, 3.05) is 18.0 Å². The Balaban J connectivity index is 2.05. The molecule has 0 bridgehead atoms. The van der Waals surface area contributed by atoms with Gasteiger partial charge >= 0.3 is 0 Å². The number of pyridine rings is 1. The molecule has 0 aromatic carbocycles. The van der Waals surface area contributed by atoms with Crippen molar-refractivity contribution in [3.63, 3.8) is 0 Å². The van der Waals surface area contributed by atoms with Crippen LogP contribution in [0.15, 0.2) is 30.0 Å². The van der Waals surface area contributed by atoms with Gasteiger partial charge in [0.25, 0.3) is 0 Å². The Morgan fingerprint density at radius 1 is 1.37 bits per heavy atom. The second-order valence-corrected chi connectivity index (χ2v) is 6.37. The van der Waals surface area contributed by atoms with Gasteiger partial charge in [0, 0.05) is 37.1 Å². The zero-order valence-corrected chi connectivity index (χ0v) is 12.5. The molecule has 0 amide bonds. The Kier molecular flexibility index (Phi) is 4.25. The van der Waals surface area contributed by atoms with Crippen molar-refractivity contribution in [2.24, 2.45) is 0 Å². The van der Waals surface area contributed by atoms with Crippen molar-refractivity contribution in [1.29, 1.82) is 0 Å². The van der Waals surface area contributed by atoms with Crippen molar-refractivity contribution in [3.8, 4) is 0 Å². The van der Waals surface area contributed by atoms with Gasteiger partial charge < -0.3 is 10.2 Å². The first kappa shape index (κ1) is 14.1. The van der Waals surface area contributed by atoms with E-state index < -0.39 is 0 Å². The molecule has 0 radical (unpaired) electrons. The van der Waals surface area contributed by atoms with Crippen LogP contribution in [0.5, 0.6) is 0 Å². The standard InChI is InChI=1S/C16H25N3/c1-13-6-5-9-19(12-13)15-7-8-17-14(10-15)11-18-16(2,3)4/h6-8,10,18H,5,9,11-12H2,1-4H3. The fourth-order valence-corrected chi connectivity index (χ4v) is 2.25. The molecule has 0 fully saturated rings. The molecule has 1 aliphatic heterocycles. The average molecular weight is 259 g/mol. The van der Waals surface area contributed by atoms with Crippen LogP contribution in [0.3, 0.4) is 0 Å². The van der Waals surface area contributed by atoms with Crippen molar-refractivity contribution in [3.05, 3.63) is 35.7 Å². The van der Waals surface area contributed by atoms with Crippen molar-refractivity contribution >= 4 is 5.69 Å². The number of hydrogen-bond donors (Lipinski definition) is 1. The van der Waals surface area contributed by atoms with Gasteiger partial charge in [-0.2, -0.15) is 0 Å². The molecule has 3 nitrogen and oxygen atoms in total. The van der Waals surface area contributed by atoms with Crippen molar-refractivity contribution < 1.29 is 0 Å². The quantitative estimate of drug-likeness (QED) is 0.845. The molecule has 2 rings (SSSR count). The molecule has 0 atom stereocenters. The molecule has 0 saturated carbocycles. The highest BCUT2D eigenvalue weighted by atomic mass is 15.1. The van der Waals surface area contributed by atoms with Gasteiger partial charge in [0.1, 0.15) is 0 Å². The minimum absolute atomic E-state index is 0.127. The molecular weight excluding hydrogens is 234 g/mol. The molecule has 0 saturated heterocycles. The molecule has 3 heteroatoms. The van der Waals surface area contributed by atoms with E-state index >= 15 is 0 Å². The largest absolute Gasteiger partial charge is 0.367 e. The monoisotopic (exact) mass is 259 g/mol. The second-order valence-electron chi connectivity index (χ2n) is 6.37. The number of rotatable bonds is 3. The first-order valence-electron chi connectivity index (χ1n) is 7.04. The molecule has 2 heterocycles. The number of nitrogens with one attached hydrogen (secondary N) is 1. The molecule has 1 N–H and O–H groups in total. The van der Waals surface area contributed by atoms with Gasteiger partial charge in [0.2, 0.25) is 0 Å². The fourth-order valence-electron chi connectivity index (χ4n) is 2.25. The zero-order chi connectivity index (χ0) is 13.9. The van der Waals surface area contributed by atoms with Crippen molar-refractivity contribution in [2.45, 2.75) is 46.2 Å². The van der Waals surface area contributed by atoms with E-state index in [2.05, 4.69) is 61.1 Å². The molecule has 0 spiro atoms. The van der Waals surface area contributed by atoms with Gasteiger partial charge in [-0.05, 0) is 46.2 Å². The van der Waals surface area contributed by atoms with Gasteiger partial charge in [-0.25, -0.2) is 0 Å². The minimum atomic E-state index is 0.127. The van der Waals surface area contributed by atoms with Gasteiger partial charge in [0.15, 0.2) is 0 Å². The Morgan fingerprint density at radius 2 is 2.16 bits per heavy atom. The summed E-state index contributed by atoms with van der Waals surface area (Å²) in [5, 5.41) is 3.48. The molecule has 0 aliphatic carbocycles. The van der Waals surface area contributed by atoms with Crippen LogP contribution in [0.2, 0.25) is 0 Å². The Labute approximate surface area is 116 Å². The lowest BCUT2D eigenvalue weighted by atomic mass is 10.1. The van der Waals surface area contributed by atoms with Gasteiger partial charge in [0.05, 0.1) is 5.69 Å². The van der Waals surface area contributed by atoms with E-state index in [1.54, 1.807) is 0 Å². The summed E-state index contributed by atoms with van der Waals surface area (Å²) in [5.41, 5.74) is 3.98. The van der Waals surface area contributed by atoms with Crippen LogP contribution in [-0.4, -0.2) is 23.6 Å². The maximum absolute atomic E-state index is 4.45. The molecule has 104 valence electrons. The van der Waals surface area contributed by atoms with Crippen LogP contribution in [0.1, 0.15) is 39.8 Å². The molecular formula is C16H25N3. The van der Waals surface area contributed by atoms with Crippen molar-refractivity contribution in [1.82, 2.24) is 10.3 Å². The third-order valence-corrected chi connectivity index (χ3v) is 3.30. The summed E-state index contributed by atoms with van der Waals surface area (Å²) >= 11 is 0. The van der Waals surface area contributed by atoms with Gasteiger partial charge in [-0.3, -0.25) is 4.98 Å². The number of nitrogens with zero attached hydrogens (tertiary/aromatic N) is 2. The highest BCUT2D eigenvalue weighted by Crippen LogP contribution is 2.20. The number of aromatic nitrogens is 1. The van der Waals surface area contributed by atoms with E-state index in [0.717, 1.165) is 31.7 Å². The third kappa shape index (κ3) is 4.35. The minimum Gasteiger partial charge on any atom is -0.367 e. The smallest absolute Gasteiger partial charge is 0.0562 e. The Bertz CT molecular complexity index is 457. The van der Waals surface area contributed by atoms with E-state index in [1.807, 2.05) is 6.20 Å². The highest BCUT2D eigenvalue weighted by Gasteiger charge is 2.13. The molecule has 1 aromatic rings. The number of anilines is 1. The zero-order valence-electron chi connectivity index (χ0n) is 12.5. The maximum Gasteiger partial charge on any atom is 0.0562 e. The first-order chi connectivity index (χ1) is 8.94. The van der Waals surface area contributed by atoms with Crippen LogP contribution in [0, 0.1) is 0 Å².